The van der Waals surface area contributed by atoms with Crippen LogP contribution in [0.4, 0.5) is 0 Å². The zero-order valence-corrected chi connectivity index (χ0v) is 25.6. The van der Waals surface area contributed by atoms with Gasteiger partial charge in [-0.3, -0.25) is 0 Å². The minimum atomic E-state index is -0.0669. The van der Waals surface area contributed by atoms with Crippen molar-refractivity contribution < 1.29 is 0 Å². The van der Waals surface area contributed by atoms with Gasteiger partial charge in [0.05, 0.1) is 0 Å². The van der Waals surface area contributed by atoms with Crippen LogP contribution < -0.4 is 0 Å². The van der Waals surface area contributed by atoms with Gasteiger partial charge in [0, 0.05) is 20.4 Å². The van der Waals surface area contributed by atoms with E-state index in [0.29, 0.717) is 5.92 Å². The van der Waals surface area contributed by atoms with Crippen molar-refractivity contribution in [3.8, 4) is 11.1 Å². The molecule has 0 bridgehead atoms. The molecule has 10 rings (SSSR count). The third kappa shape index (κ3) is 2.58. The van der Waals surface area contributed by atoms with Gasteiger partial charge in [0.2, 0.25) is 0 Å². The Kier molecular flexibility index (Phi) is 4.12. The molecule has 202 valence electrons. The molecular formula is C41H32S. The summed E-state index contributed by atoms with van der Waals surface area (Å²) in [6.45, 7) is 12.3. The van der Waals surface area contributed by atoms with Gasteiger partial charge in [0.15, 0.2) is 0 Å². The van der Waals surface area contributed by atoms with Crippen molar-refractivity contribution in [2.75, 3.05) is 0 Å². The average Bonchev–Trinajstić information content (AvgIpc) is 3.55. The van der Waals surface area contributed by atoms with Gasteiger partial charge in [-0.2, -0.15) is 0 Å². The van der Waals surface area contributed by atoms with Crippen molar-refractivity contribution in [1.82, 2.24) is 0 Å². The SMILES string of the molecule is CC1CC2=C(c3cc4c(cc3C2(C)C)-c2c(cc3ccc5cccc6ccc2c3c56)C4(C)C)c2sc3ccccc3c21. The fraction of sp³-hybridized carbons (Fsp3) is 0.220. The van der Waals surface area contributed by atoms with Crippen LogP contribution in [0.3, 0.4) is 0 Å². The first kappa shape index (κ1) is 23.6. The number of allylic oxidation sites excluding steroid dienone is 1. The van der Waals surface area contributed by atoms with E-state index in [1.807, 2.05) is 11.3 Å². The lowest BCUT2D eigenvalue weighted by Gasteiger charge is -2.30. The van der Waals surface area contributed by atoms with Crippen molar-refractivity contribution in [2.45, 2.75) is 57.8 Å². The molecule has 3 aliphatic rings. The molecular weight excluding hydrogens is 525 g/mol. The predicted molar refractivity (Wildman–Crippen MR) is 182 cm³/mol. The molecule has 0 fully saturated rings. The van der Waals surface area contributed by atoms with Gasteiger partial charge in [-0.1, -0.05) is 101 Å². The zero-order chi connectivity index (χ0) is 28.3. The van der Waals surface area contributed by atoms with E-state index in [1.54, 1.807) is 16.7 Å². The van der Waals surface area contributed by atoms with Crippen molar-refractivity contribution >= 4 is 59.3 Å². The number of thiophene rings is 1. The van der Waals surface area contributed by atoms with E-state index in [9.17, 15) is 0 Å². The van der Waals surface area contributed by atoms with Crippen molar-refractivity contribution in [3.63, 3.8) is 0 Å². The van der Waals surface area contributed by atoms with Crippen LogP contribution in [0.25, 0.3) is 59.1 Å². The number of hydrogen-bond acceptors (Lipinski definition) is 1. The van der Waals surface area contributed by atoms with Crippen LogP contribution in [0.2, 0.25) is 0 Å². The summed E-state index contributed by atoms with van der Waals surface area (Å²) in [5.74, 6) is 0.538. The van der Waals surface area contributed by atoms with Crippen molar-refractivity contribution in [2.24, 2.45) is 0 Å². The summed E-state index contributed by atoms with van der Waals surface area (Å²) in [6.07, 6.45) is 1.14. The molecule has 0 radical (unpaired) electrons. The summed E-state index contributed by atoms with van der Waals surface area (Å²) in [4.78, 5) is 1.52. The molecule has 42 heavy (non-hydrogen) atoms. The fourth-order valence-corrected chi connectivity index (χ4v) is 10.6. The highest BCUT2D eigenvalue weighted by Gasteiger charge is 2.46. The van der Waals surface area contributed by atoms with Crippen LogP contribution in [0, 0.1) is 0 Å². The molecule has 0 nitrogen and oxygen atoms in total. The molecule has 7 aromatic rings. The molecule has 0 saturated heterocycles. The Morgan fingerprint density at radius 3 is 2.19 bits per heavy atom. The Hall–Kier alpha value is -3.94. The summed E-state index contributed by atoms with van der Waals surface area (Å²) in [7, 11) is 0. The summed E-state index contributed by atoms with van der Waals surface area (Å²) < 4.78 is 1.42. The van der Waals surface area contributed by atoms with E-state index in [2.05, 4.69) is 120 Å². The number of benzene rings is 6. The third-order valence-corrected chi connectivity index (χ3v) is 12.5. The highest BCUT2D eigenvalue weighted by Crippen LogP contribution is 2.62. The van der Waals surface area contributed by atoms with Gasteiger partial charge in [0.1, 0.15) is 0 Å². The Balaban J connectivity index is 1.29. The minimum Gasteiger partial charge on any atom is -0.135 e. The zero-order valence-electron chi connectivity index (χ0n) is 24.8. The fourth-order valence-electron chi connectivity index (χ4n) is 9.19. The second kappa shape index (κ2) is 7.33. The first-order valence-corrected chi connectivity index (χ1v) is 16.2. The highest BCUT2D eigenvalue weighted by atomic mass is 32.1. The molecule has 1 heterocycles. The monoisotopic (exact) mass is 556 g/mol. The number of fused-ring (bicyclic) bond motifs is 10. The first-order chi connectivity index (χ1) is 20.2. The van der Waals surface area contributed by atoms with Crippen molar-refractivity contribution in [3.05, 3.63) is 123 Å². The predicted octanol–water partition coefficient (Wildman–Crippen LogP) is 11.7. The Morgan fingerprint density at radius 2 is 1.36 bits per heavy atom. The largest absolute Gasteiger partial charge is 0.135 e. The van der Waals surface area contributed by atoms with E-state index in [1.165, 1.54) is 80.7 Å². The Bertz CT molecular complexity index is 2370. The molecule has 0 amide bonds. The topological polar surface area (TPSA) is 0 Å². The standard InChI is InChI=1S/C41H32S/c1-21-17-31-38(39-34(21)25-11-6-7-12-33(25)42-39)28-20-29-27(19-30(28)40(31,2)3)37-26-16-15-23-10-8-9-22-13-14-24(36(26)35(22)23)18-32(37)41(29,4)5/h6-16,18-21H,17H2,1-5H3. The first-order valence-electron chi connectivity index (χ1n) is 15.4. The van der Waals surface area contributed by atoms with E-state index < -0.39 is 0 Å². The highest BCUT2D eigenvalue weighted by molar-refractivity contribution is 7.20. The quantitative estimate of drug-likeness (QED) is 0.163. The van der Waals surface area contributed by atoms with Crippen LogP contribution in [-0.4, -0.2) is 0 Å². The maximum atomic E-state index is 2.62. The summed E-state index contributed by atoms with van der Waals surface area (Å²) in [5, 5.41) is 9.74. The Labute approximate surface area is 250 Å². The molecule has 1 unspecified atom stereocenters. The maximum absolute atomic E-state index is 2.62. The van der Waals surface area contributed by atoms with Gasteiger partial charge in [-0.25, -0.2) is 0 Å². The maximum Gasteiger partial charge on any atom is 0.0396 e. The van der Waals surface area contributed by atoms with Crippen LogP contribution >= 0.6 is 11.3 Å². The molecule has 3 aliphatic carbocycles. The van der Waals surface area contributed by atoms with Crippen LogP contribution in [0.1, 0.15) is 79.7 Å². The normalized spacial score (nSPS) is 19.5. The van der Waals surface area contributed by atoms with Gasteiger partial charge >= 0.3 is 0 Å². The lowest BCUT2D eigenvalue weighted by molar-refractivity contribution is 0.577. The van der Waals surface area contributed by atoms with E-state index in [-0.39, 0.29) is 10.8 Å². The smallest absolute Gasteiger partial charge is 0.0396 e. The van der Waals surface area contributed by atoms with Crippen LogP contribution in [0.5, 0.6) is 0 Å². The average molecular weight is 557 g/mol. The van der Waals surface area contributed by atoms with Gasteiger partial charge in [-0.05, 0) is 119 Å². The van der Waals surface area contributed by atoms with Gasteiger partial charge < -0.3 is 0 Å². The van der Waals surface area contributed by atoms with E-state index in [4.69, 9.17) is 0 Å². The second-order valence-corrected chi connectivity index (χ2v) is 15.2. The van der Waals surface area contributed by atoms with Gasteiger partial charge in [0.25, 0.3) is 0 Å². The molecule has 0 spiro atoms. The third-order valence-electron chi connectivity index (χ3n) is 11.3. The van der Waals surface area contributed by atoms with E-state index >= 15 is 0 Å². The van der Waals surface area contributed by atoms with Crippen molar-refractivity contribution in [1.29, 1.82) is 0 Å². The van der Waals surface area contributed by atoms with E-state index in [0.717, 1.165) is 6.42 Å². The lowest BCUT2D eigenvalue weighted by atomic mass is 9.74. The molecule has 1 atom stereocenters. The number of rotatable bonds is 0. The molecule has 1 aromatic heterocycles. The summed E-state index contributed by atoms with van der Waals surface area (Å²) in [5.41, 5.74) is 13.6. The Morgan fingerprint density at radius 1 is 0.643 bits per heavy atom. The second-order valence-electron chi connectivity index (χ2n) is 14.1. The van der Waals surface area contributed by atoms with Crippen LogP contribution in [0.15, 0.2) is 90.5 Å². The molecule has 6 aromatic carbocycles. The molecule has 0 N–H and O–H groups in total. The van der Waals surface area contributed by atoms with Crippen LogP contribution in [-0.2, 0) is 10.8 Å². The summed E-state index contributed by atoms with van der Waals surface area (Å²) >= 11 is 2.01. The molecule has 0 aliphatic heterocycles. The molecule has 1 heteroatoms. The molecule has 0 saturated carbocycles. The van der Waals surface area contributed by atoms with Gasteiger partial charge in [-0.15, -0.1) is 11.3 Å². The summed E-state index contributed by atoms with van der Waals surface area (Å²) in [6, 6.07) is 32.9. The minimum absolute atomic E-state index is 0.0124. The number of hydrogen-bond donors (Lipinski definition) is 0. The lowest BCUT2D eigenvalue weighted by Crippen LogP contribution is -2.20.